The van der Waals surface area contributed by atoms with E-state index in [9.17, 15) is 9.90 Å². The molecule has 0 fully saturated rings. The van der Waals surface area contributed by atoms with Gasteiger partial charge in [-0.15, -0.1) is 11.3 Å². The molecule has 23 heavy (non-hydrogen) atoms. The second-order valence-corrected chi connectivity index (χ2v) is 6.04. The zero-order chi connectivity index (χ0) is 16.1. The molecule has 0 aliphatic carbocycles. The highest BCUT2D eigenvalue weighted by Gasteiger charge is 2.16. The van der Waals surface area contributed by atoms with Crippen molar-refractivity contribution in [3.8, 4) is 11.5 Å². The first-order valence-electron chi connectivity index (χ1n) is 7.29. The van der Waals surface area contributed by atoms with Crippen LogP contribution < -0.4 is 14.8 Å². The van der Waals surface area contributed by atoms with Crippen LogP contribution >= 0.6 is 11.3 Å². The van der Waals surface area contributed by atoms with Crippen LogP contribution in [-0.4, -0.2) is 24.4 Å². The van der Waals surface area contributed by atoms with Gasteiger partial charge < -0.3 is 19.9 Å². The molecule has 2 heterocycles. The molecule has 1 atom stereocenters. The largest absolute Gasteiger partial charge is 0.454 e. The van der Waals surface area contributed by atoms with Crippen LogP contribution in [-0.2, 0) is 4.79 Å². The Hall–Kier alpha value is -2.31. The van der Waals surface area contributed by atoms with Gasteiger partial charge in [0, 0.05) is 17.5 Å². The lowest BCUT2D eigenvalue weighted by Gasteiger charge is -2.11. The maximum atomic E-state index is 11.7. The third-order valence-electron chi connectivity index (χ3n) is 3.44. The molecular weight excluding hydrogens is 314 g/mol. The molecule has 2 N–H and O–H groups in total. The lowest BCUT2D eigenvalue weighted by Crippen LogP contribution is -2.23. The highest BCUT2D eigenvalue weighted by atomic mass is 32.1. The molecule has 1 aromatic heterocycles. The molecular formula is C17H17NO4S. The van der Waals surface area contributed by atoms with Crippen LogP contribution in [0.25, 0.3) is 6.08 Å². The van der Waals surface area contributed by atoms with Gasteiger partial charge in [0.25, 0.3) is 0 Å². The van der Waals surface area contributed by atoms with Crippen molar-refractivity contribution in [2.45, 2.75) is 12.5 Å². The number of fused-ring (bicyclic) bond motifs is 1. The van der Waals surface area contributed by atoms with Crippen molar-refractivity contribution in [1.82, 2.24) is 5.32 Å². The fourth-order valence-corrected chi connectivity index (χ4v) is 2.84. The van der Waals surface area contributed by atoms with Gasteiger partial charge in [-0.05, 0) is 41.6 Å². The predicted molar refractivity (Wildman–Crippen MR) is 88.5 cm³/mol. The van der Waals surface area contributed by atoms with Crippen LogP contribution in [0.4, 0.5) is 0 Å². The molecule has 0 saturated carbocycles. The summed E-state index contributed by atoms with van der Waals surface area (Å²) in [6.45, 7) is 0.602. The Morgan fingerprint density at radius 2 is 2.22 bits per heavy atom. The van der Waals surface area contributed by atoms with E-state index in [4.69, 9.17) is 9.47 Å². The van der Waals surface area contributed by atoms with Gasteiger partial charge in [-0.2, -0.15) is 0 Å². The van der Waals surface area contributed by atoms with E-state index < -0.39 is 6.10 Å². The smallest absolute Gasteiger partial charge is 0.244 e. The van der Waals surface area contributed by atoms with Crippen molar-refractivity contribution in [2.75, 3.05) is 13.3 Å². The molecule has 0 radical (unpaired) electrons. The lowest BCUT2D eigenvalue weighted by atomic mass is 10.1. The Kier molecular flexibility index (Phi) is 4.95. The normalized spacial score (nSPS) is 14.1. The van der Waals surface area contributed by atoms with E-state index in [2.05, 4.69) is 5.32 Å². The summed E-state index contributed by atoms with van der Waals surface area (Å²) in [5, 5.41) is 14.9. The van der Waals surface area contributed by atoms with E-state index in [1.165, 1.54) is 6.08 Å². The third kappa shape index (κ3) is 4.12. The van der Waals surface area contributed by atoms with Gasteiger partial charge in [0.1, 0.15) is 0 Å². The Morgan fingerprint density at radius 1 is 1.35 bits per heavy atom. The highest BCUT2D eigenvalue weighted by Crippen LogP contribution is 2.34. The fourth-order valence-electron chi connectivity index (χ4n) is 2.22. The van der Waals surface area contributed by atoms with Gasteiger partial charge in [-0.1, -0.05) is 12.1 Å². The summed E-state index contributed by atoms with van der Waals surface area (Å²) in [7, 11) is 0. The van der Waals surface area contributed by atoms with Gasteiger partial charge >= 0.3 is 0 Å². The summed E-state index contributed by atoms with van der Waals surface area (Å²) < 4.78 is 10.5. The number of hydrogen-bond donors (Lipinski definition) is 2. The molecule has 5 nitrogen and oxygen atoms in total. The van der Waals surface area contributed by atoms with Gasteiger partial charge in [-0.25, -0.2) is 0 Å². The first-order chi connectivity index (χ1) is 11.2. The van der Waals surface area contributed by atoms with Crippen LogP contribution in [0.2, 0.25) is 0 Å². The van der Waals surface area contributed by atoms with Crippen LogP contribution in [0.15, 0.2) is 41.8 Å². The summed E-state index contributed by atoms with van der Waals surface area (Å²) >= 11 is 1.57. The number of aliphatic hydroxyl groups is 1. The van der Waals surface area contributed by atoms with Crippen LogP contribution in [0.3, 0.4) is 0 Å². The van der Waals surface area contributed by atoms with Crippen LogP contribution in [0.5, 0.6) is 11.5 Å². The minimum atomic E-state index is -0.661. The molecule has 6 heteroatoms. The second kappa shape index (κ2) is 7.30. The van der Waals surface area contributed by atoms with E-state index >= 15 is 0 Å². The number of thiophene rings is 1. The number of carbonyl (C=O) groups excluding carboxylic acids is 1. The zero-order valence-electron chi connectivity index (χ0n) is 12.4. The molecule has 0 bridgehead atoms. The number of aliphatic hydroxyl groups excluding tert-OH is 1. The maximum absolute atomic E-state index is 11.7. The molecule has 120 valence electrons. The van der Waals surface area contributed by atoms with E-state index in [0.29, 0.717) is 24.5 Å². The summed E-state index contributed by atoms with van der Waals surface area (Å²) in [6, 6.07) is 9.23. The standard InChI is InChI=1S/C17H17NO4S/c19-14(12-3-5-15-16(10-12)22-11-21-15)7-8-18-17(20)6-4-13-2-1-9-23-13/h1-6,9-10,14,19H,7-8,11H2,(H,18,20)/b6-4+. The fraction of sp³-hybridized carbons (Fsp3) is 0.235. The number of carbonyl (C=O) groups is 1. The van der Waals surface area contributed by atoms with Crippen molar-refractivity contribution in [1.29, 1.82) is 0 Å². The average molecular weight is 331 g/mol. The number of hydrogen-bond acceptors (Lipinski definition) is 5. The van der Waals surface area contributed by atoms with Gasteiger partial charge in [0.2, 0.25) is 12.7 Å². The van der Waals surface area contributed by atoms with E-state index in [0.717, 1.165) is 10.4 Å². The molecule has 2 aromatic rings. The number of rotatable bonds is 6. The Bertz CT molecular complexity index is 697. The van der Waals surface area contributed by atoms with Crippen molar-refractivity contribution in [3.05, 3.63) is 52.2 Å². The monoisotopic (exact) mass is 331 g/mol. The predicted octanol–water partition coefficient (Wildman–Crippen LogP) is 2.73. The number of nitrogens with one attached hydrogen (secondary N) is 1. The van der Waals surface area contributed by atoms with E-state index in [1.54, 1.807) is 35.6 Å². The van der Waals surface area contributed by atoms with Crippen LogP contribution in [0.1, 0.15) is 23.0 Å². The van der Waals surface area contributed by atoms with Crippen LogP contribution in [0, 0.1) is 0 Å². The van der Waals surface area contributed by atoms with Crippen molar-refractivity contribution >= 4 is 23.3 Å². The van der Waals surface area contributed by atoms with Crippen molar-refractivity contribution < 1.29 is 19.4 Å². The summed E-state index contributed by atoms with van der Waals surface area (Å²) in [5.74, 6) is 1.16. The molecule has 1 aromatic carbocycles. The van der Waals surface area contributed by atoms with E-state index in [-0.39, 0.29) is 12.7 Å². The number of ether oxygens (including phenoxy) is 2. The lowest BCUT2D eigenvalue weighted by molar-refractivity contribution is -0.116. The third-order valence-corrected chi connectivity index (χ3v) is 4.28. The minimum Gasteiger partial charge on any atom is -0.454 e. The summed E-state index contributed by atoms with van der Waals surface area (Å²) in [6.07, 6.45) is 3.04. The average Bonchev–Trinajstić information content (AvgIpc) is 3.23. The van der Waals surface area contributed by atoms with Gasteiger partial charge in [-0.3, -0.25) is 4.79 Å². The second-order valence-electron chi connectivity index (χ2n) is 5.06. The molecule has 1 aliphatic rings. The van der Waals surface area contributed by atoms with Gasteiger partial charge in [0.15, 0.2) is 11.5 Å². The van der Waals surface area contributed by atoms with Crippen molar-refractivity contribution in [3.63, 3.8) is 0 Å². The molecule has 1 aliphatic heterocycles. The highest BCUT2D eigenvalue weighted by molar-refractivity contribution is 7.10. The molecule has 0 saturated heterocycles. The first kappa shape index (κ1) is 15.6. The Morgan fingerprint density at radius 3 is 3.04 bits per heavy atom. The number of benzene rings is 1. The summed E-state index contributed by atoms with van der Waals surface area (Å²) in [4.78, 5) is 12.7. The zero-order valence-corrected chi connectivity index (χ0v) is 13.2. The summed E-state index contributed by atoms with van der Waals surface area (Å²) in [5.41, 5.74) is 0.748. The van der Waals surface area contributed by atoms with Crippen molar-refractivity contribution in [2.24, 2.45) is 0 Å². The van der Waals surface area contributed by atoms with E-state index in [1.807, 2.05) is 17.5 Å². The first-order valence-corrected chi connectivity index (χ1v) is 8.17. The molecule has 0 spiro atoms. The Balaban J connectivity index is 1.45. The quantitative estimate of drug-likeness (QED) is 0.799. The topological polar surface area (TPSA) is 67.8 Å². The molecule has 1 unspecified atom stereocenters. The molecule has 1 amide bonds. The minimum absolute atomic E-state index is 0.170. The Labute approximate surface area is 138 Å². The van der Waals surface area contributed by atoms with Gasteiger partial charge in [0.05, 0.1) is 6.10 Å². The number of amides is 1. The SMILES string of the molecule is O=C(/C=C/c1cccs1)NCCC(O)c1ccc2c(c1)OCO2. The maximum Gasteiger partial charge on any atom is 0.244 e. The molecule has 3 rings (SSSR count).